The summed E-state index contributed by atoms with van der Waals surface area (Å²) in [5.74, 6) is 0.0900. The lowest BCUT2D eigenvalue weighted by atomic mass is 9.96. The molecule has 1 aliphatic rings. The quantitative estimate of drug-likeness (QED) is 0.602. The maximum absolute atomic E-state index is 8.88. The van der Waals surface area contributed by atoms with Crippen molar-refractivity contribution in [2.75, 3.05) is 13.2 Å². The maximum atomic E-state index is 8.88. The van der Waals surface area contributed by atoms with Crippen LogP contribution in [0.1, 0.15) is 6.42 Å². The van der Waals surface area contributed by atoms with Gasteiger partial charge in [-0.15, -0.1) is 0 Å². The Morgan fingerprint density at radius 3 is 2.82 bits per heavy atom. The monoisotopic (exact) mass is 155 g/mol. The number of aliphatic hydroxyl groups is 2. The summed E-state index contributed by atoms with van der Waals surface area (Å²) in [5, 5.41) is 17.5. The fraction of sp³-hybridized carbons (Fsp3) is 0.625. The third-order valence-corrected chi connectivity index (χ3v) is 1.85. The van der Waals surface area contributed by atoms with E-state index in [0.717, 1.165) is 0 Å². The summed E-state index contributed by atoms with van der Waals surface area (Å²) in [4.78, 5) is 4.14. The third kappa shape index (κ3) is 2.13. The molecular weight excluding hydrogens is 142 g/mol. The molecule has 1 rings (SSSR count). The van der Waals surface area contributed by atoms with E-state index in [9.17, 15) is 0 Å². The van der Waals surface area contributed by atoms with Crippen LogP contribution in [-0.2, 0) is 0 Å². The Kier molecular flexibility index (Phi) is 3.26. The van der Waals surface area contributed by atoms with Crippen molar-refractivity contribution in [1.29, 1.82) is 0 Å². The number of hydrogen-bond donors (Lipinski definition) is 2. The van der Waals surface area contributed by atoms with Crippen molar-refractivity contribution in [2.24, 2.45) is 10.9 Å². The zero-order valence-corrected chi connectivity index (χ0v) is 6.35. The van der Waals surface area contributed by atoms with Crippen LogP contribution < -0.4 is 0 Å². The fourth-order valence-electron chi connectivity index (χ4n) is 1.19. The number of aliphatic hydroxyl groups excluding tert-OH is 2. The van der Waals surface area contributed by atoms with Gasteiger partial charge >= 0.3 is 0 Å². The molecule has 0 radical (unpaired) electrons. The first-order valence-corrected chi connectivity index (χ1v) is 3.80. The topological polar surface area (TPSA) is 52.8 Å². The lowest BCUT2D eigenvalue weighted by Crippen LogP contribution is -2.23. The predicted octanol–water partition coefficient (Wildman–Crippen LogP) is -0.0135. The molecule has 0 aromatic heterocycles. The van der Waals surface area contributed by atoms with Crippen LogP contribution in [0.5, 0.6) is 0 Å². The molecule has 0 fully saturated rings. The van der Waals surface area contributed by atoms with Gasteiger partial charge in [-0.1, -0.05) is 6.08 Å². The van der Waals surface area contributed by atoms with Crippen molar-refractivity contribution in [1.82, 2.24) is 0 Å². The van der Waals surface area contributed by atoms with Crippen LogP contribution in [-0.4, -0.2) is 35.7 Å². The Bertz CT molecular complexity index is 165. The standard InChI is InChI=1S/C8H13NO2/c10-5-3-8-7(6-11)2-1-4-9-8/h1-2,4,7-8,10-11H,3,5-6H2. The van der Waals surface area contributed by atoms with E-state index in [-0.39, 0.29) is 25.2 Å². The summed E-state index contributed by atoms with van der Waals surface area (Å²) < 4.78 is 0. The van der Waals surface area contributed by atoms with Crippen molar-refractivity contribution in [3.63, 3.8) is 0 Å². The zero-order valence-electron chi connectivity index (χ0n) is 6.35. The molecule has 62 valence electrons. The molecule has 1 heterocycles. The minimum absolute atomic E-state index is 0.0648. The Labute approximate surface area is 66.1 Å². The lowest BCUT2D eigenvalue weighted by Gasteiger charge is -2.20. The Hall–Kier alpha value is -0.670. The summed E-state index contributed by atoms with van der Waals surface area (Å²) in [5.41, 5.74) is 0. The Morgan fingerprint density at radius 1 is 1.36 bits per heavy atom. The summed E-state index contributed by atoms with van der Waals surface area (Å²) in [7, 11) is 0. The van der Waals surface area contributed by atoms with Crippen LogP contribution in [0.3, 0.4) is 0 Å². The molecule has 0 aromatic carbocycles. The maximum Gasteiger partial charge on any atom is 0.0606 e. The summed E-state index contributed by atoms with van der Waals surface area (Å²) in [6.07, 6.45) is 6.10. The van der Waals surface area contributed by atoms with Gasteiger partial charge in [0.25, 0.3) is 0 Å². The van der Waals surface area contributed by atoms with Gasteiger partial charge in [-0.3, -0.25) is 4.99 Å². The third-order valence-electron chi connectivity index (χ3n) is 1.85. The molecule has 0 saturated heterocycles. The smallest absolute Gasteiger partial charge is 0.0606 e. The number of dihydropyridines is 1. The van der Waals surface area contributed by atoms with Crippen molar-refractivity contribution in [2.45, 2.75) is 12.5 Å². The molecule has 0 saturated carbocycles. The van der Waals surface area contributed by atoms with Crippen molar-refractivity contribution >= 4 is 6.21 Å². The number of hydrogen-bond acceptors (Lipinski definition) is 3. The molecule has 2 atom stereocenters. The van der Waals surface area contributed by atoms with E-state index in [1.54, 1.807) is 6.21 Å². The van der Waals surface area contributed by atoms with Crippen molar-refractivity contribution < 1.29 is 10.2 Å². The highest BCUT2D eigenvalue weighted by Gasteiger charge is 2.17. The van der Waals surface area contributed by atoms with Crippen LogP contribution in [0.15, 0.2) is 17.1 Å². The molecule has 0 spiro atoms. The predicted molar refractivity (Wildman–Crippen MR) is 43.7 cm³/mol. The zero-order chi connectivity index (χ0) is 8.10. The Balaban J connectivity index is 2.48. The first kappa shape index (κ1) is 8.43. The second kappa shape index (κ2) is 4.26. The van der Waals surface area contributed by atoms with Crippen LogP contribution >= 0.6 is 0 Å². The van der Waals surface area contributed by atoms with Crippen LogP contribution in [0.4, 0.5) is 0 Å². The van der Waals surface area contributed by atoms with Crippen LogP contribution in [0.2, 0.25) is 0 Å². The number of aliphatic imine (C=N–C) groups is 1. The van der Waals surface area contributed by atoms with E-state index < -0.39 is 0 Å². The number of rotatable bonds is 3. The minimum atomic E-state index is 0.0648. The normalized spacial score (nSPS) is 29.3. The van der Waals surface area contributed by atoms with Gasteiger partial charge < -0.3 is 10.2 Å². The summed E-state index contributed by atoms with van der Waals surface area (Å²) in [6.45, 7) is 0.241. The highest BCUT2D eigenvalue weighted by molar-refractivity contribution is 5.72. The molecule has 11 heavy (non-hydrogen) atoms. The van der Waals surface area contributed by atoms with E-state index in [1.807, 2.05) is 12.2 Å². The van der Waals surface area contributed by atoms with Crippen LogP contribution in [0, 0.1) is 5.92 Å². The molecule has 3 nitrogen and oxygen atoms in total. The number of nitrogens with zero attached hydrogens (tertiary/aromatic N) is 1. The first-order chi connectivity index (χ1) is 5.38. The molecular formula is C8H13NO2. The molecule has 0 amide bonds. The second-order valence-corrected chi connectivity index (χ2v) is 2.61. The van der Waals surface area contributed by atoms with Gasteiger partial charge in [0.15, 0.2) is 0 Å². The van der Waals surface area contributed by atoms with E-state index in [1.165, 1.54) is 0 Å². The largest absolute Gasteiger partial charge is 0.396 e. The van der Waals surface area contributed by atoms with Gasteiger partial charge in [-0.25, -0.2) is 0 Å². The molecule has 0 aromatic rings. The molecule has 3 heteroatoms. The SMILES string of the molecule is OCCC1N=CC=CC1CO. The first-order valence-electron chi connectivity index (χ1n) is 3.80. The minimum Gasteiger partial charge on any atom is -0.396 e. The van der Waals surface area contributed by atoms with E-state index in [4.69, 9.17) is 10.2 Å². The van der Waals surface area contributed by atoms with E-state index in [0.29, 0.717) is 6.42 Å². The summed E-state index contributed by atoms with van der Waals surface area (Å²) in [6, 6.07) is 0.0648. The molecule has 1 aliphatic heterocycles. The highest BCUT2D eigenvalue weighted by Crippen LogP contribution is 2.15. The van der Waals surface area contributed by atoms with Crippen LogP contribution in [0.25, 0.3) is 0 Å². The van der Waals surface area contributed by atoms with Gasteiger partial charge in [-0.05, 0) is 12.5 Å². The molecule has 0 aliphatic carbocycles. The number of allylic oxidation sites excluding steroid dienone is 1. The second-order valence-electron chi connectivity index (χ2n) is 2.61. The summed E-state index contributed by atoms with van der Waals surface area (Å²) >= 11 is 0. The average Bonchev–Trinajstić information content (AvgIpc) is 2.06. The molecule has 2 unspecified atom stereocenters. The molecule has 0 bridgehead atoms. The van der Waals surface area contributed by atoms with E-state index >= 15 is 0 Å². The van der Waals surface area contributed by atoms with Gasteiger partial charge in [0.05, 0.1) is 12.6 Å². The van der Waals surface area contributed by atoms with Crippen molar-refractivity contribution in [3.8, 4) is 0 Å². The van der Waals surface area contributed by atoms with Gasteiger partial charge in [-0.2, -0.15) is 0 Å². The lowest BCUT2D eigenvalue weighted by molar-refractivity contribution is 0.208. The van der Waals surface area contributed by atoms with Gasteiger partial charge in [0.2, 0.25) is 0 Å². The fourth-order valence-corrected chi connectivity index (χ4v) is 1.19. The van der Waals surface area contributed by atoms with Crippen molar-refractivity contribution in [3.05, 3.63) is 12.2 Å². The highest BCUT2D eigenvalue weighted by atomic mass is 16.3. The van der Waals surface area contributed by atoms with Gasteiger partial charge in [0, 0.05) is 18.7 Å². The average molecular weight is 155 g/mol. The van der Waals surface area contributed by atoms with Gasteiger partial charge in [0.1, 0.15) is 0 Å². The molecule has 2 N–H and O–H groups in total. The Morgan fingerprint density at radius 2 is 2.18 bits per heavy atom. The van der Waals surface area contributed by atoms with E-state index in [2.05, 4.69) is 4.99 Å².